The number of aromatic nitrogens is 2. The minimum Gasteiger partial charge on any atom is -0.383 e. The maximum atomic E-state index is 13.1. The molecule has 0 spiro atoms. The van der Waals surface area contributed by atoms with E-state index in [1.165, 1.54) is 0 Å². The van der Waals surface area contributed by atoms with Gasteiger partial charge in [-0.2, -0.15) is 8.42 Å². The Labute approximate surface area is 187 Å². The number of amides is 1. The first-order chi connectivity index (χ1) is 15.2. The van der Waals surface area contributed by atoms with Crippen molar-refractivity contribution >= 4 is 38.4 Å². The third-order valence-electron chi connectivity index (χ3n) is 5.17. The molecule has 9 nitrogen and oxygen atoms in total. The summed E-state index contributed by atoms with van der Waals surface area (Å²) in [7, 11) is -3.61. The zero-order chi connectivity index (χ0) is 22.9. The molecule has 1 aromatic carbocycles. The first kappa shape index (κ1) is 21.9. The lowest BCUT2D eigenvalue weighted by molar-refractivity contribution is 0.0741. The largest absolute Gasteiger partial charge is 0.383 e. The number of H-pyrrole nitrogens is 1. The average Bonchev–Trinajstić information content (AvgIpc) is 3.15. The van der Waals surface area contributed by atoms with Gasteiger partial charge in [-0.3, -0.25) is 4.79 Å². The van der Waals surface area contributed by atoms with Gasteiger partial charge in [0.15, 0.2) is 5.82 Å². The van der Waals surface area contributed by atoms with E-state index in [2.05, 4.69) is 34.0 Å². The molecule has 1 fully saturated rings. The van der Waals surface area contributed by atoms with E-state index in [0.29, 0.717) is 43.3 Å². The van der Waals surface area contributed by atoms with Gasteiger partial charge >= 0.3 is 10.1 Å². The molecule has 0 atom stereocenters. The van der Waals surface area contributed by atoms with Crippen LogP contribution in [0, 0.1) is 0 Å². The first-order valence-electron chi connectivity index (χ1n) is 10.5. The van der Waals surface area contributed by atoms with Crippen molar-refractivity contribution < 1.29 is 17.4 Å². The number of piperazine rings is 1. The molecular weight excluding hydrogens is 430 g/mol. The topological polar surface area (TPSA) is 108 Å². The highest BCUT2D eigenvalue weighted by Gasteiger charge is 2.25. The van der Waals surface area contributed by atoms with E-state index in [-0.39, 0.29) is 11.7 Å². The van der Waals surface area contributed by atoms with Gasteiger partial charge in [-0.25, -0.2) is 4.98 Å². The Morgan fingerprint density at radius 1 is 1.16 bits per heavy atom. The maximum Gasteiger partial charge on any atom is 0.306 e. The summed E-state index contributed by atoms with van der Waals surface area (Å²) in [6, 6.07) is 10.8. The van der Waals surface area contributed by atoms with Crippen molar-refractivity contribution in [3.8, 4) is 5.75 Å². The van der Waals surface area contributed by atoms with E-state index in [1.807, 2.05) is 17.0 Å². The molecule has 1 aliphatic rings. The Hall–Kier alpha value is -3.27. The minimum absolute atomic E-state index is 0.0898. The SMILES string of the molecule is CC(C)Nc1cccnc1N1CCN(C(=O)c2cc3cc(OS(C)(=O)=O)ccc3[nH]2)CC1. The van der Waals surface area contributed by atoms with Gasteiger partial charge in [-0.15, -0.1) is 0 Å². The van der Waals surface area contributed by atoms with Crippen LogP contribution in [0.4, 0.5) is 11.5 Å². The number of carbonyl (C=O) groups is 1. The van der Waals surface area contributed by atoms with Crippen LogP contribution in [0.5, 0.6) is 5.75 Å². The minimum atomic E-state index is -3.61. The van der Waals surface area contributed by atoms with Crippen molar-refractivity contribution in [2.45, 2.75) is 19.9 Å². The Morgan fingerprint density at radius 2 is 1.91 bits per heavy atom. The monoisotopic (exact) mass is 457 g/mol. The summed E-state index contributed by atoms with van der Waals surface area (Å²) in [4.78, 5) is 24.7. The van der Waals surface area contributed by atoms with Gasteiger partial charge < -0.3 is 24.3 Å². The number of benzene rings is 1. The van der Waals surface area contributed by atoms with E-state index >= 15 is 0 Å². The molecule has 1 amide bonds. The van der Waals surface area contributed by atoms with E-state index < -0.39 is 10.1 Å². The fraction of sp³-hybridized carbons (Fsp3) is 0.364. The zero-order valence-electron chi connectivity index (χ0n) is 18.3. The molecule has 0 aliphatic carbocycles. The van der Waals surface area contributed by atoms with Crippen LogP contribution in [0.25, 0.3) is 10.9 Å². The highest BCUT2D eigenvalue weighted by Crippen LogP contribution is 2.26. The molecular formula is C22H27N5O4S. The lowest BCUT2D eigenvalue weighted by Gasteiger charge is -2.36. The van der Waals surface area contributed by atoms with Gasteiger partial charge in [-0.05, 0) is 50.2 Å². The fourth-order valence-electron chi connectivity index (χ4n) is 3.82. The van der Waals surface area contributed by atoms with Crippen molar-refractivity contribution in [3.05, 3.63) is 48.3 Å². The second-order valence-electron chi connectivity index (χ2n) is 8.17. The smallest absolute Gasteiger partial charge is 0.306 e. The number of fused-ring (bicyclic) bond motifs is 1. The van der Waals surface area contributed by atoms with Crippen molar-refractivity contribution in [1.29, 1.82) is 0 Å². The molecule has 3 aromatic rings. The zero-order valence-corrected chi connectivity index (χ0v) is 19.1. The molecule has 0 saturated carbocycles. The normalized spacial score (nSPS) is 14.8. The number of hydrogen-bond donors (Lipinski definition) is 2. The number of pyridine rings is 1. The third-order valence-corrected chi connectivity index (χ3v) is 5.66. The summed E-state index contributed by atoms with van der Waals surface area (Å²) >= 11 is 0. The molecule has 170 valence electrons. The Bertz CT molecular complexity index is 1230. The molecule has 0 unspecified atom stereocenters. The Balaban J connectivity index is 1.45. The van der Waals surface area contributed by atoms with Gasteiger partial charge in [0.1, 0.15) is 11.4 Å². The summed E-state index contributed by atoms with van der Waals surface area (Å²) in [5, 5.41) is 4.14. The molecule has 0 bridgehead atoms. The number of hydrogen-bond acceptors (Lipinski definition) is 7. The van der Waals surface area contributed by atoms with Crippen LogP contribution in [0.1, 0.15) is 24.3 Å². The quantitative estimate of drug-likeness (QED) is 0.548. The van der Waals surface area contributed by atoms with Crippen LogP contribution in [-0.2, 0) is 10.1 Å². The Morgan fingerprint density at radius 3 is 2.59 bits per heavy atom. The second-order valence-corrected chi connectivity index (χ2v) is 9.75. The van der Waals surface area contributed by atoms with Gasteiger partial charge in [0, 0.05) is 49.3 Å². The number of rotatable bonds is 6. The van der Waals surface area contributed by atoms with E-state index in [0.717, 1.165) is 23.3 Å². The number of anilines is 2. The van der Waals surface area contributed by atoms with E-state index in [9.17, 15) is 13.2 Å². The van der Waals surface area contributed by atoms with Crippen LogP contribution in [-0.4, -0.2) is 67.7 Å². The van der Waals surface area contributed by atoms with Gasteiger partial charge in [-0.1, -0.05) is 0 Å². The Kier molecular flexibility index (Phi) is 5.96. The maximum absolute atomic E-state index is 13.1. The van der Waals surface area contributed by atoms with Crippen molar-refractivity contribution in [3.63, 3.8) is 0 Å². The molecule has 4 rings (SSSR count). The first-order valence-corrected chi connectivity index (χ1v) is 12.3. The summed E-state index contributed by atoms with van der Waals surface area (Å²) in [5.41, 5.74) is 2.20. The number of nitrogens with zero attached hydrogens (tertiary/aromatic N) is 3. The second kappa shape index (κ2) is 8.70. The molecule has 1 aliphatic heterocycles. The molecule has 32 heavy (non-hydrogen) atoms. The predicted molar refractivity (Wildman–Crippen MR) is 125 cm³/mol. The van der Waals surface area contributed by atoms with Crippen LogP contribution in [0.3, 0.4) is 0 Å². The van der Waals surface area contributed by atoms with E-state index in [4.69, 9.17) is 4.18 Å². The lowest BCUT2D eigenvalue weighted by atomic mass is 10.2. The average molecular weight is 458 g/mol. The number of nitrogens with one attached hydrogen (secondary N) is 2. The number of carbonyl (C=O) groups excluding carboxylic acids is 1. The summed E-state index contributed by atoms with van der Waals surface area (Å²) in [6.07, 6.45) is 2.78. The van der Waals surface area contributed by atoms with Crippen molar-refractivity contribution in [1.82, 2.24) is 14.9 Å². The van der Waals surface area contributed by atoms with E-state index in [1.54, 1.807) is 30.5 Å². The van der Waals surface area contributed by atoms with Crippen LogP contribution < -0.4 is 14.4 Å². The standard InChI is InChI=1S/C22H27N5O4S/c1-15(2)24-19-5-4-8-23-21(19)26-9-11-27(12-10-26)22(28)20-14-16-13-17(31-32(3,29)30)6-7-18(16)25-20/h4-8,13-15,24-25H,9-12H2,1-3H3. The third kappa shape index (κ3) is 4.96. The molecule has 3 heterocycles. The van der Waals surface area contributed by atoms with Gasteiger partial charge in [0.05, 0.1) is 11.9 Å². The molecule has 10 heteroatoms. The van der Waals surface area contributed by atoms with Crippen LogP contribution in [0.15, 0.2) is 42.6 Å². The lowest BCUT2D eigenvalue weighted by Crippen LogP contribution is -2.49. The molecule has 0 radical (unpaired) electrons. The van der Waals surface area contributed by atoms with Crippen molar-refractivity contribution in [2.24, 2.45) is 0 Å². The highest BCUT2D eigenvalue weighted by atomic mass is 32.2. The predicted octanol–water partition coefficient (Wildman–Crippen LogP) is 2.68. The summed E-state index contributed by atoms with van der Waals surface area (Å²) in [6.45, 7) is 6.70. The fourth-order valence-corrected chi connectivity index (χ4v) is 4.27. The summed E-state index contributed by atoms with van der Waals surface area (Å²) in [5.74, 6) is 1.03. The number of aromatic amines is 1. The highest BCUT2D eigenvalue weighted by molar-refractivity contribution is 7.86. The van der Waals surface area contributed by atoms with Gasteiger partial charge in [0.25, 0.3) is 5.91 Å². The van der Waals surface area contributed by atoms with Crippen LogP contribution in [0.2, 0.25) is 0 Å². The summed E-state index contributed by atoms with van der Waals surface area (Å²) < 4.78 is 27.6. The van der Waals surface area contributed by atoms with Gasteiger partial charge in [0.2, 0.25) is 0 Å². The van der Waals surface area contributed by atoms with Crippen molar-refractivity contribution in [2.75, 3.05) is 42.7 Å². The van der Waals surface area contributed by atoms with Crippen LogP contribution >= 0.6 is 0 Å². The molecule has 2 N–H and O–H groups in total. The molecule has 1 saturated heterocycles. The molecule has 2 aromatic heterocycles.